The van der Waals surface area contributed by atoms with Gasteiger partial charge < -0.3 is 5.73 Å². The summed E-state index contributed by atoms with van der Waals surface area (Å²) < 4.78 is 82.1. The Kier molecular flexibility index (Phi) is 5.40. The summed E-state index contributed by atoms with van der Waals surface area (Å²) in [4.78, 5) is 15.1. The summed E-state index contributed by atoms with van der Waals surface area (Å²) in [5.41, 5.74) is 3.75. The van der Waals surface area contributed by atoms with E-state index in [1.807, 2.05) is 0 Å². The molecule has 1 amide bonds. The van der Waals surface area contributed by atoms with E-state index in [0.717, 1.165) is 22.9 Å². The number of halogens is 6. The third-order valence-electron chi connectivity index (χ3n) is 4.74. The van der Waals surface area contributed by atoms with Crippen molar-refractivity contribution in [1.29, 1.82) is 0 Å². The Morgan fingerprint density at radius 1 is 1.03 bits per heavy atom. The first-order valence-electron chi connectivity index (χ1n) is 9.24. The predicted octanol–water partition coefficient (Wildman–Crippen LogP) is 5.18. The molecule has 0 aliphatic carbocycles. The van der Waals surface area contributed by atoms with Crippen LogP contribution in [0.3, 0.4) is 0 Å². The molecule has 0 spiro atoms. The number of aromatic nitrogens is 3. The molecule has 2 N–H and O–H groups in total. The molecule has 2 aromatic carbocycles. The monoisotopic (exact) mass is 462 g/mol. The third kappa shape index (κ3) is 4.16. The molecule has 4 aromatic rings. The fourth-order valence-electron chi connectivity index (χ4n) is 3.18. The number of nitrogens with two attached hydrogens (primary N) is 1. The molecule has 0 aliphatic heterocycles. The van der Waals surface area contributed by atoms with Crippen LogP contribution in [0.1, 0.15) is 11.1 Å². The highest BCUT2D eigenvalue weighted by Gasteiger charge is 2.30. The second-order valence-electron chi connectivity index (χ2n) is 6.89. The van der Waals surface area contributed by atoms with Gasteiger partial charge in [-0.25, -0.2) is 22.8 Å². The van der Waals surface area contributed by atoms with Gasteiger partial charge in [0.2, 0.25) is 0 Å². The van der Waals surface area contributed by atoms with Crippen LogP contribution in [0.4, 0.5) is 26.3 Å². The number of carbonyl (C=O) groups is 1. The van der Waals surface area contributed by atoms with Crippen molar-refractivity contribution in [2.75, 3.05) is 0 Å². The minimum absolute atomic E-state index is 0.114. The van der Waals surface area contributed by atoms with Gasteiger partial charge in [0.05, 0.1) is 5.56 Å². The number of nitrogens with zero attached hydrogens (tertiary/aromatic N) is 3. The fraction of sp³-hybridized carbons (Fsp3) is 0.0455. The molecule has 168 valence electrons. The predicted molar refractivity (Wildman–Crippen MR) is 107 cm³/mol. The summed E-state index contributed by atoms with van der Waals surface area (Å²) >= 11 is 0. The van der Waals surface area contributed by atoms with E-state index in [-0.39, 0.29) is 17.0 Å². The molecular weight excluding hydrogens is 450 g/mol. The van der Waals surface area contributed by atoms with Crippen molar-refractivity contribution in [2.24, 2.45) is 5.73 Å². The first-order valence-corrected chi connectivity index (χ1v) is 9.24. The van der Waals surface area contributed by atoms with E-state index in [1.54, 1.807) is 12.1 Å². The Labute approximate surface area is 181 Å². The maximum atomic E-state index is 14.7. The van der Waals surface area contributed by atoms with Crippen molar-refractivity contribution in [2.45, 2.75) is 6.18 Å². The molecule has 0 aliphatic rings. The molecule has 11 heteroatoms. The summed E-state index contributed by atoms with van der Waals surface area (Å²) in [6.07, 6.45) is -2.63. The van der Waals surface area contributed by atoms with Crippen molar-refractivity contribution in [1.82, 2.24) is 14.8 Å². The van der Waals surface area contributed by atoms with Crippen molar-refractivity contribution in [3.63, 3.8) is 0 Å². The number of alkyl halides is 3. The van der Waals surface area contributed by atoms with Gasteiger partial charge in [-0.05, 0) is 36.4 Å². The number of hydrogen-bond acceptors (Lipinski definition) is 3. The average Bonchev–Trinajstić information content (AvgIpc) is 3.14. The zero-order valence-corrected chi connectivity index (χ0v) is 16.4. The molecule has 33 heavy (non-hydrogen) atoms. The number of amides is 1. The summed E-state index contributed by atoms with van der Waals surface area (Å²) in [7, 11) is 0. The topological polar surface area (TPSA) is 73.8 Å². The van der Waals surface area contributed by atoms with Gasteiger partial charge in [-0.1, -0.05) is 12.1 Å². The second kappa shape index (κ2) is 8.08. The standard InChI is InChI=1S/C22H12F6N4O/c23-15-10-16(24)18(9-12(15)8-17(25)20(29)33)32-21-14(2-1-7-30-21)19(31-32)11-3-5-13(6-4-11)22(26,27)28/h1-10H,(H2,29,33). The number of rotatable bonds is 4. The zero-order valence-electron chi connectivity index (χ0n) is 16.4. The summed E-state index contributed by atoms with van der Waals surface area (Å²) in [6.45, 7) is 0. The maximum absolute atomic E-state index is 14.7. The van der Waals surface area contributed by atoms with E-state index < -0.39 is 40.7 Å². The van der Waals surface area contributed by atoms with Crippen molar-refractivity contribution in [3.8, 4) is 16.9 Å². The first kappa shape index (κ1) is 22.1. The summed E-state index contributed by atoms with van der Waals surface area (Å²) in [5.74, 6) is -5.10. The quantitative estimate of drug-likeness (QED) is 0.336. The lowest BCUT2D eigenvalue weighted by Gasteiger charge is -2.08. The molecule has 0 bridgehead atoms. The molecule has 0 saturated carbocycles. The van der Waals surface area contributed by atoms with Gasteiger partial charge in [-0.2, -0.15) is 18.3 Å². The molecule has 0 fully saturated rings. The molecular formula is C22H12F6N4O. The fourth-order valence-corrected chi connectivity index (χ4v) is 3.18. The van der Waals surface area contributed by atoms with Crippen molar-refractivity contribution in [3.05, 3.63) is 83.3 Å². The molecule has 2 aromatic heterocycles. The highest BCUT2D eigenvalue weighted by atomic mass is 19.4. The highest BCUT2D eigenvalue weighted by Crippen LogP contribution is 2.34. The van der Waals surface area contributed by atoms with Crippen LogP contribution in [0, 0.1) is 11.6 Å². The smallest absolute Gasteiger partial charge is 0.364 e. The summed E-state index contributed by atoms with van der Waals surface area (Å²) in [5, 5.41) is 4.65. The highest BCUT2D eigenvalue weighted by molar-refractivity contribution is 5.94. The Hall–Kier alpha value is -4.15. The van der Waals surface area contributed by atoms with E-state index >= 15 is 0 Å². The SMILES string of the molecule is NC(=O)C(F)=Cc1cc(-n2nc(-c3ccc(C(F)(F)F)cc3)c3cccnc32)c(F)cc1F. The Bertz CT molecular complexity index is 1410. The Morgan fingerprint density at radius 3 is 2.36 bits per heavy atom. The molecule has 0 saturated heterocycles. The number of primary amides is 1. The lowest BCUT2D eigenvalue weighted by Crippen LogP contribution is -2.11. The molecule has 0 unspecified atom stereocenters. The minimum atomic E-state index is -4.52. The van der Waals surface area contributed by atoms with Gasteiger partial charge in [0.25, 0.3) is 5.91 Å². The van der Waals surface area contributed by atoms with E-state index in [4.69, 9.17) is 5.73 Å². The number of carbonyl (C=O) groups excluding carboxylic acids is 1. The minimum Gasteiger partial charge on any atom is -0.364 e. The van der Waals surface area contributed by atoms with Crippen LogP contribution in [0.5, 0.6) is 0 Å². The van der Waals surface area contributed by atoms with Gasteiger partial charge in [0.15, 0.2) is 17.3 Å². The van der Waals surface area contributed by atoms with Crippen LogP contribution < -0.4 is 5.73 Å². The zero-order chi connectivity index (χ0) is 23.9. The van der Waals surface area contributed by atoms with Gasteiger partial charge in [0.1, 0.15) is 17.2 Å². The van der Waals surface area contributed by atoms with E-state index in [0.29, 0.717) is 23.1 Å². The molecule has 0 radical (unpaired) electrons. The van der Waals surface area contributed by atoms with Crippen LogP contribution in [-0.4, -0.2) is 20.7 Å². The third-order valence-corrected chi connectivity index (χ3v) is 4.74. The first-order chi connectivity index (χ1) is 15.6. The van der Waals surface area contributed by atoms with E-state index in [2.05, 4.69) is 10.1 Å². The number of fused-ring (bicyclic) bond motifs is 1. The largest absolute Gasteiger partial charge is 0.416 e. The van der Waals surface area contributed by atoms with Crippen LogP contribution in [0.25, 0.3) is 34.1 Å². The maximum Gasteiger partial charge on any atom is 0.416 e. The van der Waals surface area contributed by atoms with Crippen LogP contribution in [0.2, 0.25) is 0 Å². The lowest BCUT2D eigenvalue weighted by atomic mass is 10.1. The van der Waals surface area contributed by atoms with Gasteiger partial charge in [-0.3, -0.25) is 4.79 Å². The normalized spacial score (nSPS) is 12.4. The van der Waals surface area contributed by atoms with Crippen LogP contribution >= 0.6 is 0 Å². The van der Waals surface area contributed by atoms with Crippen LogP contribution in [-0.2, 0) is 11.0 Å². The average molecular weight is 462 g/mol. The van der Waals surface area contributed by atoms with Gasteiger partial charge >= 0.3 is 6.18 Å². The Balaban J connectivity index is 1.90. The number of hydrogen-bond donors (Lipinski definition) is 1. The number of benzene rings is 2. The second-order valence-corrected chi connectivity index (χ2v) is 6.89. The van der Waals surface area contributed by atoms with E-state index in [9.17, 15) is 31.1 Å². The lowest BCUT2D eigenvalue weighted by molar-refractivity contribution is -0.137. The molecule has 2 heterocycles. The van der Waals surface area contributed by atoms with Gasteiger partial charge in [-0.15, -0.1) is 0 Å². The van der Waals surface area contributed by atoms with Crippen molar-refractivity contribution < 1.29 is 31.1 Å². The molecule has 5 nitrogen and oxygen atoms in total. The Morgan fingerprint density at radius 2 is 1.73 bits per heavy atom. The molecule has 0 atom stereocenters. The summed E-state index contributed by atoms with van der Waals surface area (Å²) in [6, 6.07) is 8.69. The number of pyridine rings is 1. The molecule has 4 rings (SSSR count). The van der Waals surface area contributed by atoms with Crippen LogP contribution in [0.15, 0.2) is 60.6 Å². The van der Waals surface area contributed by atoms with Gasteiger partial charge in [0, 0.05) is 28.8 Å². The van der Waals surface area contributed by atoms with Crippen molar-refractivity contribution >= 4 is 23.0 Å². The van der Waals surface area contributed by atoms with E-state index in [1.165, 1.54) is 18.3 Å².